The van der Waals surface area contributed by atoms with Gasteiger partial charge >= 0.3 is 0 Å². The summed E-state index contributed by atoms with van der Waals surface area (Å²) in [5.74, 6) is 0.781. The minimum absolute atomic E-state index is 0.727. The van der Waals surface area contributed by atoms with Gasteiger partial charge in [-0.25, -0.2) is 0 Å². The number of hydrogen-bond donors (Lipinski definition) is 2. The summed E-state index contributed by atoms with van der Waals surface area (Å²) >= 11 is 0. The van der Waals surface area contributed by atoms with Crippen molar-refractivity contribution in [2.45, 2.75) is 13.5 Å². The molecule has 78 valence electrons. The van der Waals surface area contributed by atoms with Crippen LogP contribution in [0.3, 0.4) is 0 Å². The van der Waals surface area contributed by atoms with Crippen LogP contribution in [0.15, 0.2) is 11.1 Å². The van der Waals surface area contributed by atoms with Gasteiger partial charge in [0.25, 0.3) is 0 Å². The van der Waals surface area contributed by atoms with E-state index in [9.17, 15) is 0 Å². The summed E-state index contributed by atoms with van der Waals surface area (Å²) in [6.07, 6.45) is 0. The van der Waals surface area contributed by atoms with E-state index in [0.717, 1.165) is 23.9 Å². The number of aromatic nitrogens is 2. The van der Waals surface area contributed by atoms with Crippen LogP contribution >= 0.6 is 0 Å². The van der Waals surface area contributed by atoms with Crippen molar-refractivity contribution >= 4 is 5.96 Å². The summed E-state index contributed by atoms with van der Waals surface area (Å²) < 4.78 is 1.87. The number of nitrogens with zero attached hydrogens (tertiary/aromatic N) is 3. The third-order valence-corrected chi connectivity index (χ3v) is 2.00. The molecule has 0 saturated carbocycles. The van der Waals surface area contributed by atoms with Crippen LogP contribution in [0.25, 0.3) is 0 Å². The van der Waals surface area contributed by atoms with Gasteiger partial charge < -0.3 is 10.6 Å². The third kappa shape index (κ3) is 2.48. The molecular formula is C9H17N5. The summed E-state index contributed by atoms with van der Waals surface area (Å²) in [4.78, 5) is 4.02. The third-order valence-electron chi connectivity index (χ3n) is 2.00. The maximum atomic E-state index is 4.26. The second-order valence-electron chi connectivity index (χ2n) is 3.08. The Morgan fingerprint density at radius 3 is 2.79 bits per heavy atom. The fraction of sp³-hybridized carbons (Fsp3) is 0.556. The molecule has 0 aromatic carbocycles. The van der Waals surface area contributed by atoms with Gasteiger partial charge in [0.2, 0.25) is 0 Å². The van der Waals surface area contributed by atoms with E-state index in [4.69, 9.17) is 0 Å². The Labute approximate surface area is 84.2 Å². The second-order valence-corrected chi connectivity index (χ2v) is 3.08. The summed E-state index contributed by atoms with van der Waals surface area (Å²) in [7, 11) is 5.52. The highest BCUT2D eigenvalue weighted by molar-refractivity contribution is 5.79. The SMILES string of the molecule is CN=C(NC)NCc1cc(C)nn1C. The highest BCUT2D eigenvalue weighted by Crippen LogP contribution is 2.00. The van der Waals surface area contributed by atoms with E-state index in [-0.39, 0.29) is 0 Å². The number of hydrogen-bond acceptors (Lipinski definition) is 2. The van der Waals surface area contributed by atoms with Gasteiger partial charge in [-0.3, -0.25) is 9.67 Å². The predicted molar refractivity (Wildman–Crippen MR) is 57.2 cm³/mol. The molecule has 1 rings (SSSR count). The van der Waals surface area contributed by atoms with Gasteiger partial charge in [0.05, 0.1) is 17.9 Å². The molecule has 0 spiro atoms. The second kappa shape index (κ2) is 4.64. The largest absolute Gasteiger partial charge is 0.359 e. The number of rotatable bonds is 2. The van der Waals surface area contributed by atoms with Crippen LogP contribution in [0.1, 0.15) is 11.4 Å². The van der Waals surface area contributed by atoms with Gasteiger partial charge in [-0.1, -0.05) is 0 Å². The van der Waals surface area contributed by atoms with Crippen LogP contribution in [-0.4, -0.2) is 29.8 Å². The van der Waals surface area contributed by atoms with Crippen molar-refractivity contribution in [3.63, 3.8) is 0 Å². The molecule has 0 aliphatic heterocycles. The average Bonchev–Trinajstić information content (AvgIpc) is 2.47. The molecule has 0 amide bonds. The van der Waals surface area contributed by atoms with E-state index in [1.165, 1.54) is 0 Å². The van der Waals surface area contributed by atoms with Gasteiger partial charge in [-0.2, -0.15) is 5.10 Å². The van der Waals surface area contributed by atoms with E-state index in [1.807, 2.05) is 25.7 Å². The number of guanidine groups is 1. The average molecular weight is 195 g/mol. The smallest absolute Gasteiger partial charge is 0.191 e. The van der Waals surface area contributed by atoms with Crippen LogP contribution in [0.4, 0.5) is 0 Å². The van der Waals surface area contributed by atoms with E-state index in [2.05, 4.69) is 26.8 Å². The van der Waals surface area contributed by atoms with E-state index < -0.39 is 0 Å². The first-order valence-electron chi connectivity index (χ1n) is 4.55. The lowest BCUT2D eigenvalue weighted by Crippen LogP contribution is -2.34. The standard InChI is InChI=1S/C9H17N5/c1-7-5-8(14(4)13-7)6-12-9(10-2)11-3/h5H,6H2,1-4H3,(H2,10,11,12). The molecule has 5 heteroatoms. The molecule has 0 aliphatic carbocycles. The van der Waals surface area contributed by atoms with Gasteiger partial charge in [-0.15, -0.1) is 0 Å². The van der Waals surface area contributed by atoms with Crippen LogP contribution in [0, 0.1) is 6.92 Å². The fourth-order valence-corrected chi connectivity index (χ4v) is 1.28. The molecule has 0 radical (unpaired) electrons. The van der Waals surface area contributed by atoms with Crippen molar-refractivity contribution in [1.82, 2.24) is 20.4 Å². The van der Waals surface area contributed by atoms with Crippen molar-refractivity contribution in [3.8, 4) is 0 Å². The molecule has 0 bridgehead atoms. The maximum absolute atomic E-state index is 4.26. The molecule has 0 saturated heterocycles. The first-order valence-corrected chi connectivity index (χ1v) is 4.55. The molecule has 0 fully saturated rings. The minimum Gasteiger partial charge on any atom is -0.359 e. The fourth-order valence-electron chi connectivity index (χ4n) is 1.28. The van der Waals surface area contributed by atoms with Crippen molar-refractivity contribution in [2.75, 3.05) is 14.1 Å². The number of aliphatic imine (C=N–C) groups is 1. The van der Waals surface area contributed by atoms with Crippen LogP contribution in [-0.2, 0) is 13.6 Å². The van der Waals surface area contributed by atoms with E-state index in [1.54, 1.807) is 7.05 Å². The highest BCUT2D eigenvalue weighted by atomic mass is 15.3. The Hall–Kier alpha value is -1.52. The summed E-state index contributed by atoms with van der Waals surface area (Å²) in [5.41, 5.74) is 2.17. The summed E-state index contributed by atoms with van der Waals surface area (Å²) in [6, 6.07) is 2.05. The molecule has 5 nitrogen and oxygen atoms in total. The molecule has 1 aromatic heterocycles. The first kappa shape index (κ1) is 10.6. The molecule has 0 unspecified atom stereocenters. The predicted octanol–water partition coefficient (Wildman–Crippen LogP) is 0.0233. The van der Waals surface area contributed by atoms with Crippen molar-refractivity contribution < 1.29 is 0 Å². The number of nitrogens with one attached hydrogen (secondary N) is 2. The van der Waals surface area contributed by atoms with Crippen molar-refractivity contribution in [1.29, 1.82) is 0 Å². The maximum Gasteiger partial charge on any atom is 0.191 e. The minimum atomic E-state index is 0.727. The Morgan fingerprint density at radius 2 is 2.36 bits per heavy atom. The van der Waals surface area contributed by atoms with Crippen LogP contribution in [0.5, 0.6) is 0 Å². The van der Waals surface area contributed by atoms with Crippen LogP contribution in [0.2, 0.25) is 0 Å². The molecule has 0 atom stereocenters. The Bertz CT molecular complexity index is 326. The monoisotopic (exact) mass is 195 g/mol. The lowest BCUT2D eigenvalue weighted by atomic mass is 10.4. The summed E-state index contributed by atoms with van der Waals surface area (Å²) in [6.45, 7) is 2.71. The zero-order chi connectivity index (χ0) is 10.6. The Kier molecular flexibility index (Phi) is 3.50. The van der Waals surface area contributed by atoms with E-state index >= 15 is 0 Å². The molecule has 1 aromatic rings. The van der Waals surface area contributed by atoms with Crippen molar-refractivity contribution in [3.05, 3.63) is 17.5 Å². The topological polar surface area (TPSA) is 54.2 Å². The van der Waals surface area contributed by atoms with Crippen LogP contribution < -0.4 is 10.6 Å². The van der Waals surface area contributed by atoms with Gasteiger partial charge in [0.15, 0.2) is 5.96 Å². The van der Waals surface area contributed by atoms with Gasteiger partial charge in [-0.05, 0) is 13.0 Å². The van der Waals surface area contributed by atoms with Gasteiger partial charge in [0.1, 0.15) is 0 Å². The lowest BCUT2D eigenvalue weighted by Gasteiger charge is -2.07. The number of aryl methyl sites for hydroxylation is 2. The van der Waals surface area contributed by atoms with Gasteiger partial charge in [0, 0.05) is 21.1 Å². The molecule has 0 aliphatic rings. The molecular weight excluding hydrogens is 178 g/mol. The molecule has 1 heterocycles. The molecule has 2 N–H and O–H groups in total. The first-order chi connectivity index (χ1) is 6.67. The lowest BCUT2D eigenvalue weighted by molar-refractivity contribution is 0.684. The zero-order valence-corrected chi connectivity index (χ0v) is 9.13. The summed E-state index contributed by atoms with van der Waals surface area (Å²) in [5, 5.41) is 10.4. The Balaban J connectivity index is 2.57. The van der Waals surface area contributed by atoms with E-state index in [0.29, 0.717) is 0 Å². The highest BCUT2D eigenvalue weighted by Gasteiger charge is 2.01. The van der Waals surface area contributed by atoms with Crippen molar-refractivity contribution in [2.24, 2.45) is 12.0 Å². The zero-order valence-electron chi connectivity index (χ0n) is 9.13. The normalized spacial score (nSPS) is 11.6. The quantitative estimate of drug-likeness (QED) is 0.517. The Morgan fingerprint density at radius 1 is 1.64 bits per heavy atom. The molecule has 14 heavy (non-hydrogen) atoms.